The van der Waals surface area contributed by atoms with Gasteiger partial charge in [0.05, 0.1) is 0 Å². The molecule has 3 rings (SSSR count). The van der Waals surface area contributed by atoms with Crippen LogP contribution in [0, 0.1) is 24.6 Å². The van der Waals surface area contributed by atoms with Crippen molar-refractivity contribution in [2.75, 3.05) is 0 Å². The van der Waals surface area contributed by atoms with Gasteiger partial charge in [0.15, 0.2) is 0 Å². The quantitative estimate of drug-likeness (QED) is 0.877. The van der Waals surface area contributed by atoms with Crippen molar-refractivity contribution in [3.63, 3.8) is 0 Å². The van der Waals surface area contributed by atoms with Crippen molar-refractivity contribution in [2.45, 2.75) is 51.1 Å². The summed E-state index contributed by atoms with van der Waals surface area (Å²) in [7, 11) is 0. The number of nitrogens with two attached hydrogens (primary N) is 1. The molecule has 0 aromatic heterocycles. The minimum absolute atomic E-state index is 0. The highest BCUT2D eigenvalue weighted by Crippen LogP contribution is 2.39. The maximum absolute atomic E-state index is 13.4. The van der Waals surface area contributed by atoms with Gasteiger partial charge in [0.1, 0.15) is 5.82 Å². The summed E-state index contributed by atoms with van der Waals surface area (Å²) < 4.78 is 13.4. The Labute approximate surface area is 137 Å². The standard InChI is InChI=1S/C17H23FN2O.ClH/c1-10-5-6-13(18)9-15(10)17(21)20-16-11-3-2-4-12(16)8-14(19)7-11;/h5-6,9,11-12,14,16H,2-4,7-8,19H2,1H3,(H,20,21);1H. The highest BCUT2D eigenvalue weighted by atomic mass is 35.5. The van der Waals surface area contributed by atoms with E-state index < -0.39 is 0 Å². The highest BCUT2D eigenvalue weighted by molar-refractivity contribution is 5.95. The third kappa shape index (κ3) is 3.44. The van der Waals surface area contributed by atoms with Gasteiger partial charge in [0.25, 0.3) is 5.91 Å². The molecule has 2 unspecified atom stereocenters. The summed E-state index contributed by atoms with van der Waals surface area (Å²) in [5, 5.41) is 3.16. The molecule has 0 spiro atoms. The number of fused-ring (bicyclic) bond motifs is 2. The largest absolute Gasteiger partial charge is 0.349 e. The Bertz CT molecular complexity index is 537. The topological polar surface area (TPSA) is 55.1 Å². The van der Waals surface area contributed by atoms with Crippen LogP contribution in [0.2, 0.25) is 0 Å². The normalized spacial score (nSPS) is 30.3. The first-order chi connectivity index (χ1) is 10.0. The molecule has 1 aromatic carbocycles. The van der Waals surface area contributed by atoms with Crippen molar-refractivity contribution in [3.05, 3.63) is 35.1 Å². The number of nitrogens with one attached hydrogen (secondary N) is 1. The minimum atomic E-state index is -0.364. The molecule has 2 fully saturated rings. The van der Waals surface area contributed by atoms with Crippen molar-refractivity contribution in [1.82, 2.24) is 5.32 Å². The first-order valence-electron chi connectivity index (χ1n) is 7.87. The number of carbonyl (C=O) groups is 1. The molecule has 2 atom stereocenters. The van der Waals surface area contributed by atoms with E-state index in [4.69, 9.17) is 5.73 Å². The summed E-state index contributed by atoms with van der Waals surface area (Å²) >= 11 is 0. The fourth-order valence-corrected chi connectivity index (χ4v) is 4.09. The third-order valence-electron chi connectivity index (χ3n) is 5.12. The summed E-state index contributed by atoms with van der Waals surface area (Å²) in [6.45, 7) is 1.84. The second kappa shape index (κ2) is 6.97. The van der Waals surface area contributed by atoms with Crippen LogP contribution in [0.25, 0.3) is 0 Å². The summed E-state index contributed by atoms with van der Waals surface area (Å²) in [6.07, 6.45) is 5.48. The van der Waals surface area contributed by atoms with Crippen molar-refractivity contribution in [3.8, 4) is 0 Å². The second-order valence-electron chi connectivity index (χ2n) is 6.64. The van der Waals surface area contributed by atoms with Crippen LogP contribution in [0.4, 0.5) is 4.39 Å². The molecule has 2 saturated carbocycles. The minimum Gasteiger partial charge on any atom is -0.349 e. The van der Waals surface area contributed by atoms with Crippen LogP contribution >= 0.6 is 12.4 Å². The maximum atomic E-state index is 13.4. The molecule has 1 aromatic rings. The zero-order valence-corrected chi connectivity index (χ0v) is 13.7. The summed E-state index contributed by atoms with van der Waals surface area (Å²) in [4.78, 5) is 12.5. The predicted molar refractivity (Wildman–Crippen MR) is 87.7 cm³/mol. The smallest absolute Gasteiger partial charge is 0.251 e. The van der Waals surface area contributed by atoms with Gasteiger partial charge in [-0.05, 0) is 62.1 Å². The van der Waals surface area contributed by atoms with Gasteiger partial charge < -0.3 is 11.1 Å². The molecule has 22 heavy (non-hydrogen) atoms. The number of rotatable bonds is 2. The molecule has 2 aliphatic rings. The number of benzene rings is 1. The van der Waals surface area contributed by atoms with Crippen LogP contribution in [0.15, 0.2) is 18.2 Å². The van der Waals surface area contributed by atoms with E-state index in [1.54, 1.807) is 6.07 Å². The average molecular weight is 327 g/mol. The molecule has 5 heteroatoms. The molecular formula is C17H24ClFN2O. The molecule has 2 bridgehead atoms. The van der Waals surface area contributed by atoms with Crippen LogP contribution in [0.5, 0.6) is 0 Å². The van der Waals surface area contributed by atoms with E-state index in [0.29, 0.717) is 17.4 Å². The van der Waals surface area contributed by atoms with Gasteiger partial charge in [-0.3, -0.25) is 4.79 Å². The van der Waals surface area contributed by atoms with Gasteiger partial charge in [0, 0.05) is 17.6 Å². The average Bonchev–Trinajstić information content (AvgIpc) is 2.42. The molecule has 0 radical (unpaired) electrons. The monoisotopic (exact) mass is 326 g/mol. The van der Waals surface area contributed by atoms with E-state index >= 15 is 0 Å². The zero-order valence-electron chi connectivity index (χ0n) is 12.8. The Hall–Kier alpha value is -1.13. The highest BCUT2D eigenvalue weighted by Gasteiger charge is 2.40. The van der Waals surface area contributed by atoms with Gasteiger partial charge in [0.2, 0.25) is 0 Å². The lowest BCUT2D eigenvalue weighted by Gasteiger charge is -2.45. The van der Waals surface area contributed by atoms with E-state index in [1.807, 2.05) is 6.92 Å². The first-order valence-corrected chi connectivity index (χ1v) is 7.87. The van der Waals surface area contributed by atoms with Crippen LogP contribution in [-0.4, -0.2) is 18.0 Å². The molecule has 0 saturated heterocycles. The number of hydrogen-bond acceptors (Lipinski definition) is 2. The Balaban J connectivity index is 0.00000176. The Morgan fingerprint density at radius 3 is 2.55 bits per heavy atom. The SMILES string of the molecule is Cc1ccc(F)cc1C(=O)NC1C2CCCC1CC(N)C2.Cl. The summed E-state index contributed by atoms with van der Waals surface area (Å²) in [5.41, 5.74) is 7.37. The first kappa shape index (κ1) is 17.2. The lowest BCUT2D eigenvalue weighted by atomic mass is 9.67. The molecule has 3 N–H and O–H groups in total. The van der Waals surface area contributed by atoms with Crippen molar-refractivity contribution >= 4 is 18.3 Å². The van der Waals surface area contributed by atoms with Crippen LogP contribution in [-0.2, 0) is 0 Å². The van der Waals surface area contributed by atoms with E-state index in [0.717, 1.165) is 31.2 Å². The maximum Gasteiger partial charge on any atom is 0.251 e. The van der Waals surface area contributed by atoms with E-state index in [1.165, 1.54) is 18.6 Å². The lowest BCUT2D eigenvalue weighted by molar-refractivity contribution is 0.0755. The molecule has 1 amide bonds. The van der Waals surface area contributed by atoms with Crippen LogP contribution in [0.1, 0.15) is 48.0 Å². The van der Waals surface area contributed by atoms with E-state index in [9.17, 15) is 9.18 Å². The Morgan fingerprint density at radius 1 is 1.27 bits per heavy atom. The summed E-state index contributed by atoms with van der Waals surface area (Å²) in [6, 6.07) is 4.84. The van der Waals surface area contributed by atoms with E-state index in [-0.39, 0.29) is 36.2 Å². The zero-order chi connectivity index (χ0) is 15.0. The van der Waals surface area contributed by atoms with Crippen molar-refractivity contribution < 1.29 is 9.18 Å². The van der Waals surface area contributed by atoms with E-state index in [2.05, 4.69) is 5.32 Å². The number of aryl methyl sites for hydroxylation is 1. The Kier molecular flexibility index (Phi) is 5.45. The molecule has 0 aliphatic heterocycles. The lowest BCUT2D eigenvalue weighted by Crippen LogP contribution is -2.53. The number of amides is 1. The van der Waals surface area contributed by atoms with Crippen LogP contribution in [0.3, 0.4) is 0 Å². The molecule has 2 aliphatic carbocycles. The van der Waals surface area contributed by atoms with Gasteiger partial charge in [-0.15, -0.1) is 12.4 Å². The number of hydrogen-bond donors (Lipinski definition) is 2. The third-order valence-corrected chi connectivity index (χ3v) is 5.12. The van der Waals surface area contributed by atoms with Crippen molar-refractivity contribution in [2.24, 2.45) is 17.6 Å². The van der Waals surface area contributed by atoms with Crippen LogP contribution < -0.4 is 11.1 Å². The van der Waals surface area contributed by atoms with Crippen molar-refractivity contribution in [1.29, 1.82) is 0 Å². The number of carbonyl (C=O) groups excluding carboxylic acids is 1. The van der Waals surface area contributed by atoms with Gasteiger partial charge in [-0.2, -0.15) is 0 Å². The predicted octanol–water partition coefficient (Wildman–Crippen LogP) is 3.19. The van der Waals surface area contributed by atoms with Gasteiger partial charge >= 0.3 is 0 Å². The fraction of sp³-hybridized carbons (Fsp3) is 0.588. The van der Waals surface area contributed by atoms with Gasteiger partial charge in [-0.1, -0.05) is 12.5 Å². The number of halogens is 2. The molecule has 122 valence electrons. The Morgan fingerprint density at radius 2 is 1.91 bits per heavy atom. The summed E-state index contributed by atoms with van der Waals surface area (Å²) in [5.74, 6) is 0.441. The molecule has 0 heterocycles. The second-order valence-corrected chi connectivity index (χ2v) is 6.64. The van der Waals surface area contributed by atoms with Gasteiger partial charge in [-0.25, -0.2) is 4.39 Å². The molecular weight excluding hydrogens is 303 g/mol. The fourth-order valence-electron chi connectivity index (χ4n) is 4.09. The molecule has 3 nitrogen and oxygen atoms in total.